The number of halogens is 1. The molecule has 124 valence electrons. The summed E-state index contributed by atoms with van der Waals surface area (Å²) in [4.78, 5) is 33.3. The average molecular weight is 395 g/mol. The van der Waals surface area contributed by atoms with Crippen LogP contribution in [0.3, 0.4) is 0 Å². The molecule has 0 spiro atoms. The number of amides is 1. The van der Waals surface area contributed by atoms with E-state index >= 15 is 0 Å². The van der Waals surface area contributed by atoms with E-state index in [4.69, 9.17) is 9.15 Å². The van der Waals surface area contributed by atoms with E-state index in [0.717, 1.165) is 6.08 Å². The lowest BCUT2D eigenvalue weighted by Crippen LogP contribution is -2.20. The number of furan rings is 1. The van der Waals surface area contributed by atoms with Gasteiger partial charge in [0, 0.05) is 22.7 Å². The van der Waals surface area contributed by atoms with Gasteiger partial charge in [0.2, 0.25) is 0 Å². The molecule has 0 aliphatic heterocycles. The zero-order valence-corrected chi connectivity index (χ0v) is 13.7. The summed E-state index contributed by atoms with van der Waals surface area (Å²) in [5, 5.41) is 13.1. The van der Waals surface area contributed by atoms with Gasteiger partial charge >= 0.3 is 5.97 Å². The molecular weight excluding hydrogens is 384 g/mol. The second kappa shape index (κ2) is 8.06. The highest BCUT2D eigenvalue weighted by Gasteiger charge is 2.12. The molecule has 8 nitrogen and oxygen atoms in total. The summed E-state index contributed by atoms with van der Waals surface area (Å²) in [5.41, 5.74) is 0.210. The minimum Gasteiger partial charge on any atom is -0.465 e. The Morgan fingerprint density at radius 2 is 2.17 bits per heavy atom. The van der Waals surface area contributed by atoms with Crippen LogP contribution in [0.5, 0.6) is 0 Å². The second-order valence-corrected chi connectivity index (χ2v) is 5.28. The van der Waals surface area contributed by atoms with Crippen LogP contribution in [-0.2, 0) is 14.3 Å². The smallest absolute Gasteiger partial charge is 0.331 e. The number of ether oxygens (including phenoxy) is 1. The number of nitro benzene ring substituents is 1. The molecule has 0 saturated carbocycles. The summed E-state index contributed by atoms with van der Waals surface area (Å²) in [7, 11) is 0. The van der Waals surface area contributed by atoms with Gasteiger partial charge in [-0.2, -0.15) is 0 Å². The minimum atomic E-state index is -0.704. The second-order valence-electron chi connectivity index (χ2n) is 4.43. The van der Waals surface area contributed by atoms with Crippen molar-refractivity contribution in [1.29, 1.82) is 0 Å². The maximum absolute atomic E-state index is 11.7. The minimum absolute atomic E-state index is 0.116. The summed E-state index contributed by atoms with van der Waals surface area (Å²) in [6.07, 6.45) is 4.00. The first-order chi connectivity index (χ1) is 11.5. The zero-order valence-electron chi connectivity index (χ0n) is 12.1. The molecule has 1 N–H and O–H groups in total. The van der Waals surface area contributed by atoms with Crippen molar-refractivity contribution < 1.29 is 23.7 Å². The van der Waals surface area contributed by atoms with E-state index in [2.05, 4.69) is 21.2 Å². The fraction of sp³-hybridized carbons (Fsp3) is 0.0667. The van der Waals surface area contributed by atoms with Gasteiger partial charge in [0.1, 0.15) is 5.76 Å². The molecule has 1 aromatic heterocycles. The van der Waals surface area contributed by atoms with Gasteiger partial charge in [0.15, 0.2) is 6.61 Å². The van der Waals surface area contributed by atoms with Crippen LogP contribution in [0.2, 0.25) is 0 Å². The third kappa shape index (κ3) is 5.06. The number of hydrogen-bond donors (Lipinski definition) is 1. The van der Waals surface area contributed by atoms with Crippen molar-refractivity contribution in [2.24, 2.45) is 0 Å². The largest absolute Gasteiger partial charge is 0.465 e. The van der Waals surface area contributed by atoms with Crippen LogP contribution < -0.4 is 5.32 Å². The van der Waals surface area contributed by atoms with Crippen molar-refractivity contribution in [3.8, 4) is 0 Å². The average Bonchev–Trinajstić information content (AvgIpc) is 3.06. The molecule has 2 aromatic rings. The standard InChI is InChI=1S/C15H11BrN2O6/c16-12-8-10(18(21)22)3-5-13(12)17-14(19)9-24-15(20)6-4-11-2-1-7-23-11/h1-8H,9H2,(H,17,19). The van der Waals surface area contributed by atoms with Gasteiger partial charge in [-0.3, -0.25) is 14.9 Å². The Morgan fingerprint density at radius 3 is 2.79 bits per heavy atom. The van der Waals surface area contributed by atoms with Crippen molar-refractivity contribution in [2.75, 3.05) is 11.9 Å². The molecule has 0 unspecified atom stereocenters. The predicted molar refractivity (Wildman–Crippen MR) is 88.1 cm³/mol. The van der Waals surface area contributed by atoms with E-state index in [0.29, 0.717) is 15.9 Å². The van der Waals surface area contributed by atoms with Crippen molar-refractivity contribution in [3.05, 3.63) is 63.0 Å². The number of carbonyl (C=O) groups excluding carboxylic acids is 2. The molecule has 2 rings (SSSR count). The molecule has 9 heteroatoms. The van der Waals surface area contributed by atoms with Crippen LogP contribution in [0.25, 0.3) is 6.08 Å². The molecule has 0 atom stereocenters. The molecule has 0 bridgehead atoms. The van der Waals surface area contributed by atoms with E-state index in [-0.39, 0.29) is 5.69 Å². The van der Waals surface area contributed by atoms with Crippen LogP contribution in [0.1, 0.15) is 5.76 Å². The number of nitro groups is 1. The Balaban J connectivity index is 1.85. The van der Waals surface area contributed by atoms with Crippen molar-refractivity contribution in [2.45, 2.75) is 0 Å². The number of hydrogen-bond acceptors (Lipinski definition) is 6. The third-order valence-electron chi connectivity index (χ3n) is 2.71. The summed E-state index contributed by atoms with van der Waals surface area (Å²) in [6.45, 7) is -0.495. The zero-order chi connectivity index (χ0) is 17.5. The van der Waals surface area contributed by atoms with Crippen LogP contribution in [0.4, 0.5) is 11.4 Å². The lowest BCUT2D eigenvalue weighted by molar-refractivity contribution is -0.384. The van der Waals surface area contributed by atoms with E-state index in [1.54, 1.807) is 12.1 Å². The molecule has 0 aliphatic rings. The number of nitrogens with one attached hydrogen (secondary N) is 1. The molecule has 0 fully saturated rings. The monoisotopic (exact) mass is 394 g/mol. The highest BCUT2D eigenvalue weighted by Crippen LogP contribution is 2.26. The highest BCUT2D eigenvalue weighted by atomic mass is 79.9. The van der Waals surface area contributed by atoms with Gasteiger partial charge in [-0.1, -0.05) is 0 Å². The van der Waals surface area contributed by atoms with E-state index < -0.39 is 23.4 Å². The van der Waals surface area contributed by atoms with Crippen molar-refractivity contribution >= 4 is 45.3 Å². The Hall–Kier alpha value is -2.94. The predicted octanol–water partition coefficient (Wildman–Crippen LogP) is 3.15. The molecular formula is C15H11BrN2O6. The summed E-state index contributed by atoms with van der Waals surface area (Å²) in [6, 6.07) is 7.20. The van der Waals surface area contributed by atoms with Gasteiger partial charge < -0.3 is 14.5 Å². The summed E-state index contributed by atoms with van der Waals surface area (Å²) < 4.78 is 10.1. The summed E-state index contributed by atoms with van der Waals surface area (Å²) in [5.74, 6) is -0.806. The Morgan fingerprint density at radius 1 is 1.38 bits per heavy atom. The third-order valence-corrected chi connectivity index (χ3v) is 3.37. The Bertz CT molecular complexity index is 785. The van der Waals surface area contributed by atoms with Gasteiger partial charge in [0.25, 0.3) is 11.6 Å². The molecule has 24 heavy (non-hydrogen) atoms. The first-order valence-corrected chi connectivity index (χ1v) is 7.37. The molecule has 0 saturated heterocycles. The maximum Gasteiger partial charge on any atom is 0.331 e. The number of nitrogens with zero attached hydrogens (tertiary/aromatic N) is 1. The SMILES string of the molecule is O=C(COC(=O)C=Cc1ccco1)Nc1ccc([N+](=O)[O-])cc1Br. The number of carbonyl (C=O) groups is 2. The molecule has 1 amide bonds. The fourth-order valence-electron chi connectivity index (χ4n) is 1.63. The Kier molecular flexibility index (Phi) is 5.85. The van der Waals surface area contributed by atoms with E-state index in [1.807, 2.05) is 0 Å². The number of benzene rings is 1. The van der Waals surface area contributed by atoms with E-state index in [9.17, 15) is 19.7 Å². The number of anilines is 1. The Labute approximate surface area is 144 Å². The van der Waals surface area contributed by atoms with Crippen LogP contribution >= 0.6 is 15.9 Å². The van der Waals surface area contributed by atoms with Crippen molar-refractivity contribution in [3.63, 3.8) is 0 Å². The molecule has 1 aromatic carbocycles. The lowest BCUT2D eigenvalue weighted by Gasteiger charge is -2.07. The highest BCUT2D eigenvalue weighted by molar-refractivity contribution is 9.10. The van der Waals surface area contributed by atoms with Crippen molar-refractivity contribution in [1.82, 2.24) is 0 Å². The van der Waals surface area contributed by atoms with E-state index in [1.165, 1.54) is 30.5 Å². The van der Waals surface area contributed by atoms with Crippen LogP contribution in [0, 0.1) is 10.1 Å². The number of esters is 1. The number of non-ortho nitro benzene ring substituents is 1. The maximum atomic E-state index is 11.7. The normalized spacial score (nSPS) is 10.5. The van der Waals surface area contributed by atoms with Gasteiger partial charge in [0.05, 0.1) is 16.9 Å². The molecule has 0 aliphatic carbocycles. The fourth-order valence-corrected chi connectivity index (χ4v) is 2.09. The lowest BCUT2D eigenvalue weighted by atomic mass is 10.3. The topological polar surface area (TPSA) is 112 Å². The van der Waals surface area contributed by atoms with Gasteiger partial charge in [-0.05, 0) is 40.2 Å². The number of rotatable bonds is 6. The van der Waals surface area contributed by atoms with Crippen LogP contribution in [0.15, 0.2) is 51.6 Å². The molecule has 0 radical (unpaired) electrons. The first kappa shape index (κ1) is 17.4. The first-order valence-electron chi connectivity index (χ1n) is 6.58. The van der Waals surface area contributed by atoms with Crippen LogP contribution in [-0.4, -0.2) is 23.4 Å². The van der Waals surface area contributed by atoms with Gasteiger partial charge in [-0.25, -0.2) is 4.79 Å². The quantitative estimate of drug-likeness (QED) is 0.348. The summed E-state index contributed by atoms with van der Waals surface area (Å²) >= 11 is 3.12. The van der Waals surface area contributed by atoms with Gasteiger partial charge in [-0.15, -0.1) is 0 Å². The molecule has 1 heterocycles.